The maximum Gasteiger partial charge on any atom is 0.274 e. The number of rotatable bonds is 2. The van der Waals surface area contributed by atoms with Gasteiger partial charge in [-0.3, -0.25) is 4.79 Å². The monoisotopic (exact) mass is 273 g/mol. The van der Waals surface area contributed by atoms with Crippen molar-refractivity contribution < 1.29 is 9.90 Å². The highest BCUT2D eigenvalue weighted by Crippen LogP contribution is 2.23. The van der Waals surface area contributed by atoms with Crippen LogP contribution in [0.1, 0.15) is 42.6 Å². The first-order valence-electron chi connectivity index (χ1n) is 7.10. The summed E-state index contributed by atoms with van der Waals surface area (Å²) in [6, 6.07) is 3.61. The Balaban J connectivity index is 1.86. The molecule has 3 rings (SSSR count). The Bertz CT molecular complexity index is 629. The van der Waals surface area contributed by atoms with Gasteiger partial charge in [0.15, 0.2) is 11.4 Å². The van der Waals surface area contributed by atoms with Gasteiger partial charge in [-0.05, 0) is 25.0 Å². The van der Waals surface area contributed by atoms with E-state index in [4.69, 9.17) is 0 Å². The molecule has 1 fully saturated rings. The van der Waals surface area contributed by atoms with Crippen molar-refractivity contribution in [1.29, 1.82) is 0 Å². The van der Waals surface area contributed by atoms with E-state index < -0.39 is 0 Å². The van der Waals surface area contributed by atoms with Crippen molar-refractivity contribution >= 4 is 11.6 Å². The van der Waals surface area contributed by atoms with Crippen molar-refractivity contribution in [3.05, 3.63) is 30.2 Å². The molecule has 0 bridgehead atoms. The summed E-state index contributed by atoms with van der Waals surface area (Å²) in [6.45, 7) is 0. The smallest absolute Gasteiger partial charge is 0.274 e. The molecule has 1 amide bonds. The molecular formula is C15H19N3O2. The number of amides is 1. The van der Waals surface area contributed by atoms with Gasteiger partial charge in [-0.2, -0.15) is 0 Å². The largest absolute Gasteiger partial charge is 0.504 e. The van der Waals surface area contributed by atoms with Crippen LogP contribution in [0.4, 0.5) is 0 Å². The summed E-state index contributed by atoms with van der Waals surface area (Å²) in [5, 5.41) is 9.75. The van der Waals surface area contributed by atoms with Crippen molar-refractivity contribution in [2.45, 2.75) is 38.1 Å². The standard InChI is InChI=1S/C15H19N3O2/c1-17(11-6-3-2-4-7-11)15(20)12-10-18-9-5-8-13(19)14(18)16-12/h5,8-11,19H,2-4,6-7H2,1H3. The van der Waals surface area contributed by atoms with Crippen molar-refractivity contribution in [3.8, 4) is 5.75 Å². The lowest BCUT2D eigenvalue weighted by Gasteiger charge is -2.30. The first kappa shape index (κ1) is 13.0. The minimum absolute atomic E-state index is 0.0694. The molecule has 106 valence electrons. The Hall–Kier alpha value is -2.04. The number of hydrogen-bond donors (Lipinski definition) is 1. The van der Waals surface area contributed by atoms with Gasteiger partial charge in [-0.1, -0.05) is 19.3 Å². The van der Waals surface area contributed by atoms with E-state index in [9.17, 15) is 9.90 Å². The van der Waals surface area contributed by atoms with Gasteiger partial charge >= 0.3 is 0 Å². The van der Waals surface area contributed by atoms with E-state index in [-0.39, 0.29) is 11.7 Å². The van der Waals surface area contributed by atoms with E-state index in [0.717, 1.165) is 12.8 Å². The summed E-state index contributed by atoms with van der Waals surface area (Å²) in [5.74, 6) is 0.0202. The third-order valence-electron chi connectivity index (χ3n) is 4.12. The van der Waals surface area contributed by atoms with Crippen molar-refractivity contribution in [1.82, 2.24) is 14.3 Å². The quantitative estimate of drug-likeness (QED) is 0.914. The molecule has 2 aromatic rings. The van der Waals surface area contributed by atoms with E-state index in [2.05, 4.69) is 4.98 Å². The third kappa shape index (κ3) is 2.24. The lowest BCUT2D eigenvalue weighted by atomic mass is 9.94. The van der Waals surface area contributed by atoms with Crippen LogP contribution >= 0.6 is 0 Å². The molecule has 20 heavy (non-hydrogen) atoms. The number of carbonyl (C=O) groups excluding carboxylic acids is 1. The molecule has 1 aliphatic rings. The molecule has 0 aliphatic heterocycles. The van der Waals surface area contributed by atoms with Crippen LogP contribution in [0.15, 0.2) is 24.5 Å². The first-order valence-corrected chi connectivity index (χ1v) is 7.10. The Morgan fingerprint density at radius 3 is 2.85 bits per heavy atom. The van der Waals surface area contributed by atoms with Crippen molar-refractivity contribution in [2.24, 2.45) is 0 Å². The molecule has 5 heteroatoms. The molecule has 5 nitrogen and oxygen atoms in total. The third-order valence-corrected chi connectivity index (χ3v) is 4.12. The fourth-order valence-corrected chi connectivity index (χ4v) is 2.92. The molecule has 0 spiro atoms. The number of carbonyl (C=O) groups is 1. The van der Waals surface area contributed by atoms with E-state index in [0.29, 0.717) is 17.4 Å². The lowest BCUT2D eigenvalue weighted by Crippen LogP contribution is -2.38. The summed E-state index contributed by atoms with van der Waals surface area (Å²) in [7, 11) is 1.85. The van der Waals surface area contributed by atoms with Gasteiger partial charge in [0.25, 0.3) is 5.91 Å². The fourth-order valence-electron chi connectivity index (χ4n) is 2.92. The summed E-state index contributed by atoms with van der Waals surface area (Å²) in [4.78, 5) is 18.5. The molecule has 0 unspecified atom stereocenters. The average Bonchev–Trinajstić information content (AvgIpc) is 2.92. The number of nitrogens with zero attached hydrogens (tertiary/aromatic N) is 3. The molecular weight excluding hydrogens is 254 g/mol. The van der Waals surface area contributed by atoms with Crippen LogP contribution in [-0.4, -0.2) is 38.4 Å². The molecule has 0 saturated heterocycles. The molecule has 2 aromatic heterocycles. The number of pyridine rings is 1. The molecule has 1 aliphatic carbocycles. The Morgan fingerprint density at radius 2 is 2.15 bits per heavy atom. The van der Waals surface area contributed by atoms with Crippen LogP contribution in [0.25, 0.3) is 5.65 Å². The normalized spacial score (nSPS) is 16.4. The van der Waals surface area contributed by atoms with Gasteiger partial charge in [0.2, 0.25) is 0 Å². The van der Waals surface area contributed by atoms with E-state index >= 15 is 0 Å². The zero-order valence-corrected chi connectivity index (χ0v) is 11.6. The molecule has 2 heterocycles. The topological polar surface area (TPSA) is 57.8 Å². The van der Waals surface area contributed by atoms with Gasteiger partial charge in [0.05, 0.1) is 0 Å². The highest BCUT2D eigenvalue weighted by molar-refractivity contribution is 5.93. The first-order chi connectivity index (χ1) is 9.66. The maximum atomic E-state index is 12.5. The van der Waals surface area contributed by atoms with Crippen molar-refractivity contribution in [3.63, 3.8) is 0 Å². The summed E-state index contributed by atoms with van der Waals surface area (Å²) < 4.78 is 1.68. The second kappa shape index (κ2) is 5.15. The van der Waals surface area contributed by atoms with Crippen LogP contribution in [0.2, 0.25) is 0 Å². The minimum Gasteiger partial charge on any atom is -0.504 e. The molecule has 0 radical (unpaired) electrons. The van der Waals surface area contributed by atoms with E-state index in [1.165, 1.54) is 19.3 Å². The predicted octanol–water partition coefficient (Wildman–Crippen LogP) is 2.44. The predicted molar refractivity (Wildman–Crippen MR) is 75.8 cm³/mol. The van der Waals surface area contributed by atoms with E-state index in [1.807, 2.05) is 7.05 Å². The van der Waals surface area contributed by atoms with Crippen LogP contribution in [-0.2, 0) is 0 Å². The molecule has 0 atom stereocenters. The molecule has 1 N–H and O–H groups in total. The highest BCUT2D eigenvalue weighted by Gasteiger charge is 2.24. The van der Waals surface area contributed by atoms with Crippen molar-refractivity contribution in [2.75, 3.05) is 7.05 Å². The van der Waals surface area contributed by atoms with Crippen LogP contribution < -0.4 is 0 Å². The number of aromatic hydroxyl groups is 1. The fraction of sp³-hybridized carbons (Fsp3) is 0.467. The maximum absolute atomic E-state index is 12.5. The number of hydrogen-bond acceptors (Lipinski definition) is 3. The highest BCUT2D eigenvalue weighted by atomic mass is 16.3. The lowest BCUT2D eigenvalue weighted by molar-refractivity contribution is 0.0691. The second-order valence-electron chi connectivity index (χ2n) is 5.46. The number of aromatic nitrogens is 2. The SMILES string of the molecule is CN(C(=O)c1cn2cccc(O)c2n1)C1CCCCC1. The molecule has 1 saturated carbocycles. The summed E-state index contributed by atoms with van der Waals surface area (Å²) in [5.41, 5.74) is 0.812. The summed E-state index contributed by atoms with van der Waals surface area (Å²) in [6.07, 6.45) is 9.24. The van der Waals surface area contributed by atoms with Gasteiger partial charge < -0.3 is 14.4 Å². The van der Waals surface area contributed by atoms with Crippen LogP contribution in [0, 0.1) is 0 Å². The zero-order chi connectivity index (χ0) is 14.1. The van der Waals surface area contributed by atoms with Gasteiger partial charge in [0.1, 0.15) is 5.69 Å². The minimum atomic E-state index is -0.0694. The summed E-state index contributed by atoms with van der Waals surface area (Å²) >= 11 is 0. The van der Waals surface area contributed by atoms with Gasteiger partial charge in [-0.15, -0.1) is 0 Å². The van der Waals surface area contributed by atoms with E-state index in [1.54, 1.807) is 33.8 Å². The van der Waals surface area contributed by atoms with Gasteiger partial charge in [-0.25, -0.2) is 4.98 Å². The molecule has 0 aromatic carbocycles. The van der Waals surface area contributed by atoms with Gasteiger partial charge in [0, 0.05) is 25.5 Å². The second-order valence-corrected chi connectivity index (χ2v) is 5.46. The number of imidazole rings is 1. The Labute approximate surface area is 117 Å². The van der Waals surface area contributed by atoms with Crippen LogP contribution in [0.5, 0.6) is 5.75 Å². The number of fused-ring (bicyclic) bond motifs is 1. The Morgan fingerprint density at radius 1 is 1.40 bits per heavy atom. The average molecular weight is 273 g/mol. The Kier molecular flexibility index (Phi) is 3.34. The zero-order valence-electron chi connectivity index (χ0n) is 11.6. The van der Waals surface area contributed by atoms with Crippen LogP contribution in [0.3, 0.4) is 0 Å².